The number of pyridine rings is 2. The van der Waals surface area contributed by atoms with E-state index in [4.69, 9.17) is 5.73 Å². The molecule has 0 saturated carbocycles. The maximum absolute atomic E-state index is 5.73. The molecule has 0 aliphatic heterocycles. The van der Waals surface area contributed by atoms with Crippen LogP contribution in [0.1, 0.15) is 5.69 Å². The molecular weight excluding hydrogens is 214 g/mol. The summed E-state index contributed by atoms with van der Waals surface area (Å²) in [6.45, 7) is 0.440. The van der Waals surface area contributed by atoms with Gasteiger partial charge >= 0.3 is 0 Å². The lowest BCUT2D eigenvalue weighted by Crippen LogP contribution is -2.05. The van der Waals surface area contributed by atoms with Gasteiger partial charge in [0.25, 0.3) is 0 Å². The molecule has 0 amide bonds. The topological polar surface area (TPSA) is 69.1 Å². The van der Waals surface area contributed by atoms with E-state index in [2.05, 4.69) is 15.2 Å². The Kier molecular flexibility index (Phi) is 2.31. The number of aromatic nitrogens is 4. The van der Waals surface area contributed by atoms with Crippen molar-refractivity contribution in [1.29, 1.82) is 0 Å². The van der Waals surface area contributed by atoms with Crippen molar-refractivity contribution in [2.75, 3.05) is 0 Å². The molecule has 3 aromatic heterocycles. The van der Waals surface area contributed by atoms with Crippen molar-refractivity contribution in [3.8, 4) is 11.5 Å². The van der Waals surface area contributed by atoms with Crippen LogP contribution in [-0.4, -0.2) is 19.6 Å². The van der Waals surface area contributed by atoms with Gasteiger partial charge in [-0.2, -0.15) is 0 Å². The van der Waals surface area contributed by atoms with Crippen molar-refractivity contribution < 1.29 is 0 Å². The summed E-state index contributed by atoms with van der Waals surface area (Å²) in [5.41, 5.74) is 8.27. The van der Waals surface area contributed by atoms with Gasteiger partial charge in [0, 0.05) is 18.4 Å². The first-order valence-electron chi connectivity index (χ1n) is 5.34. The molecule has 5 nitrogen and oxygen atoms in total. The second kappa shape index (κ2) is 3.95. The third kappa shape index (κ3) is 1.57. The van der Waals surface area contributed by atoms with E-state index in [1.165, 1.54) is 0 Å². The van der Waals surface area contributed by atoms with Gasteiger partial charge in [0.15, 0.2) is 11.5 Å². The lowest BCUT2D eigenvalue weighted by Gasteiger charge is -2.04. The lowest BCUT2D eigenvalue weighted by molar-refractivity contribution is 0.942. The third-order valence-corrected chi connectivity index (χ3v) is 2.61. The minimum absolute atomic E-state index is 0.440. The van der Waals surface area contributed by atoms with E-state index < -0.39 is 0 Å². The van der Waals surface area contributed by atoms with Crippen LogP contribution >= 0.6 is 0 Å². The van der Waals surface area contributed by atoms with Gasteiger partial charge < -0.3 is 5.73 Å². The van der Waals surface area contributed by atoms with E-state index in [-0.39, 0.29) is 0 Å². The summed E-state index contributed by atoms with van der Waals surface area (Å²) < 4.78 is 1.93. The zero-order valence-electron chi connectivity index (χ0n) is 9.11. The number of nitrogens with zero attached hydrogens (tertiary/aromatic N) is 4. The van der Waals surface area contributed by atoms with Gasteiger partial charge in [-0.3, -0.25) is 9.38 Å². The molecule has 3 rings (SSSR count). The Labute approximate surface area is 97.9 Å². The second-order valence-corrected chi connectivity index (χ2v) is 3.65. The van der Waals surface area contributed by atoms with E-state index in [9.17, 15) is 0 Å². The van der Waals surface area contributed by atoms with Gasteiger partial charge in [-0.15, -0.1) is 10.2 Å². The molecule has 5 heteroatoms. The van der Waals surface area contributed by atoms with Crippen molar-refractivity contribution in [2.45, 2.75) is 6.54 Å². The van der Waals surface area contributed by atoms with Gasteiger partial charge in [-0.05, 0) is 24.3 Å². The summed E-state index contributed by atoms with van der Waals surface area (Å²) in [4.78, 5) is 4.28. The Bertz CT molecular complexity index is 644. The van der Waals surface area contributed by atoms with Gasteiger partial charge in [0.2, 0.25) is 0 Å². The smallest absolute Gasteiger partial charge is 0.187 e. The first-order chi connectivity index (χ1) is 8.40. The van der Waals surface area contributed by atoms with Crippen LogP contribution in [0.4, 0.5) is 0 Å². The molecule has 0 radical (unpaired) electrons. The monoisotopic (exact) mass is 225 g/mol. The summed E-state index contributed by atoms with van der Waals surface area (Å²) >= 11 is 0. The Morgan fingerprint density at radius 1 is 1.06 bits per heavy atom. The SMILES string of the molecule is NCc1cccc2nnc(-c3ccccn3)n12. The quantitative estimate of drug-likeness (QED) is 0.712. The average Bonchev–Trinajstić information content (AvgIpc) is 2.83. The first-order valence-corrected chi connectivity index (χ1v) is 5.34. The van der Waals surface area contributed by atoms with Crippen LogP contribution < -0.4 is 5.73 Å². The van der Waals surface area contributed by atoms with Crippen LogP contribution in [-0.2, 0) is 6.54 Å². The molecule has 0 aromatic carbocycles. The van der Waals surface area contributed by atoms with E-state index in [1.807, 2.05) is 40.8 Å². The van der Waals surface area contributed by atoms with Crippen molar-refractivity contribution in [3.05, 3.63) is 48.3 Å². The summed E-state index contributed by atoms with van der Waals surface area (Å²) in [5.74, 6) is 0.724. The van der Waals surface area contributed by atoms with Gasteiger partial charge in [0.1, 0.15) is 5.69 Å². The first kappa shape index (κ1) is 9.92. The molecule has 3 heterocycles. The Morgan fingerprint density at radius 2 is 2.00 bits per heavy atom. The molecule has 0 aliphatic rings. The molecule has 0 bridgehead atoms. The molecule has 0 atom stereocenters. The predicted octanol–water partition coefficient (Wildman–Crippen LogP) is 1.25. The number of hydrogen-bond donors (Lipinski definition) is 1. The van der Waals surface area contributed by atoms with Crippen molar-refractivity contribution >= 4 is 5.65 Å². The summed E-state index contributed by atoms with van der Waals surface area (Å²) in [7, 11) is 0. The molecule has 3 aromatic rings. The highest BCUT2D eigenvalue weighted by atomic mass is 15.3. The van der Waals surface area contributed by atoms with Crippen LogP contribution in [0, 0.1) is 0 Å². The van der Waals surface area contributed by atoms with Crippen molar-refractivity contribution in [2.24, 2.45) is 5.73 Å². The number of hydrogen-bond acceptors (Lipinski definition) is 4. The standard InChI is InChI=1S/C12H11N5/c13-8-9-4-3-6-11-15-16-12(17(9)11)10-5-1-2-7-14-10/h1-7H,8,13H2. The summed E-state index contributed by atoms with van der Waals surface area (Å²) in [6, 6.07) is 11.5. The minimum atomic E-state index is 0.440. The fourth-order valence-electron chi connectivity index (χ4n) is 1.83. The van der Waals surface area contributed by atoms with Crippen LogP contribution in [0.3, 0.4) is 0 Å². The Balaban J connectivity index is 2.31. The maximum Gasteiger partial charge on any atom is 0.187 e. The normalized spacial score (nSPS) is 10.9. The molecule has 17 heavy (non-hydrogen) atoms. The van der Waals surface area contributed by atoms with E-state index >= 15 is 0 Å². The average molecular weight is 225 g/mol. The molecular formula is C12H11N5. The molecule has 0 fully saturated rings. The maximum atomic E-state index is 5.73. The van der Waals surface area contributed by atoms with Crippen LogP contribution in [0.15, 0.2) is 42.6 Å². The predicted molar refractivity (Wildman–Crippen MR) is 64.1 cm³/mol. The third-order valence-electron chi connectivity index (χ3n) is 2.61. The number of nitrogens with two attached hydrogens (primary N) is 1. The zero-order valence-corrected chi connectivity index (χ0v) is 9.11. The van der Waals surface area contributed by atoms with Crippen LogP contribution in [0.2, 0.25) is 0 Å². The summed E-state index contributed by atoms with van der Waals surface area (Å²) in [5, 5.41) is 8.29. The van der Waals surface area contributed by atoms with Crippen molar-refractivity contribution in [3.63, 3.8) is 0 Å². The largest absolute Gasteiger partial charge is 0.325 e. The lowest BCUT2D eigenvalue weighted by atomic mass is 10.3. The molecule has 0 aliphatic carbocycles. The Morgan fingerprint density at radius 3 is 2.76 bits per heavy atom. The highest BCUT2D eigenvalue weighted by Crippen LogP contribution is 2.17. The fourth-order valence-corrected chi connectivity index (χ4v) is 1.83. The van der Waals surface area contributed by atoms with E-state index in [1.54, 1.807) is 6.20 Å². The van der Waals surface area contributed by atoms with Crippen LogP contribution in [0.5, 0.6) is 0 Å². The van der Waals surface area contributed by atoms with E-state index in [0.29, 0.717) is 6.54 Å². The molecule has 0 spiro atoms. The number of fused-ring (bicyclic) bond motifs is 1. The van der Waals surface area contributed by atoms with Gasteiger partial charge in [0.05, 0.1) is 0 Å². The number of rotatable bonds is 2. The zero-order chi connectivity index (χ0) is 11.7. The molecule has 0 saturated heterocycles. The Hall–Kier alpha value is -2.27. The summed E-state index contributed by atoms with van der Waals surface area (Å²) in [6.07, 6.45) is 1.74. The molecule has 2 N–H and O–H groups in total. The van der Waals surface area contributed by atoms with Gasteiger partial charge in [-0.25, -0.2) is 0 Å². The fraction of sp³-hybridized carbons (Fsp3) is 0.0833. The molecule has 84 valence electrons. The van der Waals surface area contributed by atoms with Crippen LogP contribution in [0.25, 0.3) is 17.2 Å². The van der Waals surface area contributed by atoms with Gasteiger partial charge in [-0.1, -0.05) is 12.1 Å². The highest BCUT2D eigenvalue weighted by Gasteiger charge is 2.10. The highest BCUT2D eigenvalue weighted by molar-refractivity contribution is 5.56. The van der Waals surface area contributed by atoms with Crippen molar-refractivity contribution in [1.82, 2.24) is 19.6 Å². The second-order valence-electron chi connectivity index (χ2n) is 3.65. The van der Waals surface area contributed by atoms with E-state index in [0.717, 1.165) is 22.9 Å². The molecule has 0 unspecified atom stereocenters. The minimum Gasteiger partial charge on any atom is -0.325 e.